The normalized spacial score (nSPS) is 46.8. The molecule has 2 bridgehead atoms. The summed E-state index contributed by atoms with van der Waals surface area (Å²) in [6, 6.07) is 0. The van der Waals surface area contributed by atoms with Crippen LogP contribution in [0, 0.1) is 40.9 Å². The molecule has 150 valence electrons. The van der Waals surface area contributed by atoms with Crippen LogP contribution in [-0.2, 0) is 4.74 Å². The molecule has 0 amide bonds. The Bertz CT molecular complexity index is 583. The average Bonchev–Trinajstić information content (AvgIpc) is 2.80. The third-order valence-electron chi connectivity index (χ3n) is 7.92. The largest absolute Gasteiger partial charge is 0.426 e. The van der Waals surface area contributed by atoms with Gasteiger partial charge in [-0.2, -0.15) is 26.3 Å². The van der Waals surface area contributed by atoms with Crippen molar-refractivity contribution >= 4 is 0 Å². The van der Waals surface area contributed by atoms with Gasteiger partial charge in [-0.1, -0.05) is 13.8 Å². The highest BCUT2D eigenvalue weighted by Gasteiger charge is 2.75. The minimum atomic E-state index is -5.74. The van der Waals surface area contributed by atoms with Gasteiger partial charge >= 0.3 is 12.4 Å². The summed E-state index contributed by atoms with van der Waals surface area (Å²) in [6.07, 6.45) is -12.2. The van der Waals surface area contributed by atoms with E-state index in [0.29, 0.717) is 24.7 Å². The highest BCUT2D eigenvalue weighted by Crippen LogP contribution is 2.73. The standard InChI is InChI=1S/C18H24F6O2/c1-7-12-13(15(12,2)3)11-8-4-9(10(5-8)14(11)26-7)6-16(25,17(19,20)21)18(22,23)24/h7-14,25H,4-6H2,1-3H3. The number of alkyl halides is 6. The molecule has 8 unspecified atom stereocenters. The van der Waals surface area contributed by atoms with Gasteiger partial charge in [0.25, 0.3) is 5.60 Å². The van der Waals surface area contributed by atoms with E-state index < -0.39 is 30.3 Å². The SMILES string of the molecule is CC1OC2C3CC(CC3CC(O)(C(F)(F)F)C(F)(F)F)C2C2C1C2(C)C. The number of hydrogen-bond acceptors (Lipinski definition) is 2. The second-order valence-electron chi connectivity index (χ2n) is 9.47. The predicted molar refractivity (Wildman–Crippen MR) is 80.0 cm³/mol. The van der Waals surface area contributed by atoms with E-state index in [1.807, 2.05) is 6.92 Å². The Balaban J connectivity index is 1.56. The maximum absolute atomic E-state index is 13.1. The number of hydrogen-bond donors (Lipinski definition) is 1. The van der Waals surface area contributed by atoms with Crippen LogP contribution in [0.5, 0.6) is 0 Å². The molecule has 4 aliphatic rings. The lowest BCUT2D eigenvalue weighted by Gasteiger charge is -2.43. The summed E-state index contributed by atoms with van der Waals surface area (Å²) in [5.41, 5.74) is -4.52. The molecule has 3 aliphatic carbocycles. The molecule has 3 saturated carbocycles. The van der Waals surface area contributed by atoms with Crippen molar-refractivity contribution in [2.75, 3.05) is 0 Å². The lowest BCUT2D eigenvalue weighted by Crippen LogP contribution is -2.58. The predicted octanol–water partition coefficient (Wildman–Crippen LogP) is 4.56. The van der Waals surface area contributed by atoms with Crippen LogP contribution in [0.1, 0.15) is 40.0 Å². The Hall–Kier alpha value is -0.500. The van der Waals surface area contributed by atoms with Crippen molar-refractivity contribution in [1.82, 2.24) is 0 Å². The third kappa shape index (κ3) is 2.26. The first-order chi connectivity index (χ1) is 11.7. The molecule has 8 heteroatoms. The zero-order valence-electron chi connectivity index (χ0n) is 14.9. The lowest BCUT2D eigenvalue weighted by atomic mass is 9.71. The maximum Gasteiger partial charge on any atom is 0.426 e. The van der Waals surface area contributed by atoms with Gasteiger partial charge in [0, 0.05) is 0 Å². The number of rotatable bonds is 2. The molecule has 4 rings (SSSR count). The molecule has 0 aromatic heterocycles. The molecule has 0 aromatic rings. The van der Waals surface area contributed by atoms with Crippen LogP contribution >= 0.6 is 0 Å². The van der Waals surface area contributed by atoms with Crippen LogP contribution < -0.4 is 0 Å². The summed E-state index contributed by atoms with van der Waals surface area (Å²) < 4.78 is 84.5. The molecular weight excluding hydrogens is 362 g/mol. The van der Waals surface area contributed by atoms with Crippen molar-refractivity contribution in [3.05, 3.63) is 0 Å². The fraction of sp³-hybridized carbons (Fsp3) is 1.00. The molecule has 4 fully saturated rings. The second kappa shape index (κ2) is 5.10. The molecular formula is C18H24F6O2. The number of ether oxygens (including phenoxy) is 1. The number of fused-ring (bicyclic) bond motifs is 7. The fourth-order valence-electron chi connectivity index (χ4n) is 6.85. The topological polar surface area (TPSA) is 29.5 Å². The van der Waals surface area contributed by atoms with Crippen molar-refractivity contribution < 1.29 is 36.2 Å². The quantitative estimate of drug-likeness (QED) is 0.705. The van der Waals surface area contributed by atoms with Crippen LogP contribution in [0.15, 0.2) is 0 Å². The summed E-state index contributed by atoms with van der Waals surface area (Å²) in [4.78, 5) is 0. The van der Waals surface area contributed by atoms with Crippen LogP contribution in [0.4, 0.5) is 26.3 Å². The molecule has 26 heavy (non-hydrogen) atoms. The Labute approximate surface area is 148 Å². The van der Waals surface area contributed by atoms with Gasteiger partial charge in [0.05, 0.1) is 12.2 Å². The number of halogens is 6. The summed E-state index contributed by atoms with van der Waals surface area (Å²) in [7, 11) is 0. The zero-order valence-corrected chi connectivity index (χ0v) is 14.9. The van der Waals surface area contributed by atoms with Crippen molar-refractivity contribution in [2.45, 2.75) is 70.2 Å². The fourth-order valence-corrected chi connectivity index (χ4v) is 6.85. The van der Waals surface area contributed by atoms with Gasteiger partial charge in [-0.05, 0) is 67.1 Å². The minimum Gasteiger partial charge on any atom is -0.374 e. The van der Waals surface area contributed by atoms with E-state index in [2.05, 4.69) is 13.8 Å². The van der Waals surface area contributed by atoms with E-state index in [1.54, 1.807) is 0 Å². The van der Waals surface area contributed by atoms with Crippen LogP contribution in [-0.4, -0.2) is 35.3 Å². The number of aliphatic hydroxyl groups is 1. The van der Waals surface area contributed by atoms with Gasteiger partial charge in [0.15, 0.2) is 0 Å². The summed E-state index contributed by atoms with van der Waals surface area (Å²) in [5, 5.41) is 9.57. The van der Waals surface area contributed by atoms with Gasteiger partial charge in [-0.3, -0.25) is 0 Å². The zero-order chi connectivity index (χ0) is 19.4. The Morgan fingerprint density at radius 1 is 1.00 bits per heavy atom. The first-order valence-corrected chi connectivity index (χ1v) is 9.21. The second-order valence-corrected chi connectivity index (χ2v) is 9.47. The molecule has 0 radical (unpaired) electrons. The third-order valence-corrected chi connectivity index (χ3v) is 7.92. The molecule has 8 atom stereocenters. The first kappa shape index (κ1) is 18.8. The molecule has 0 spiro atoms. The first-order valence-electron chi connectivity index (χ1n) is 9.21. The van der Waals surface area contributed by atoms with E-state index in [4.69, 9.17) is 4.74 Å². The highest BCUT2D eigenvalue weighted by atomic mass is 19.4. The molecule has 0 aromatic carbocycles. The highest BCUT2D eigenvalue weighted by molar-refractivity contribution is 5.20. The summed E-state index contributed by atoms with van der Waals surface area (Å²) >= 11 is 0. The van der Waals surface area contributed by atoms with Crippen molar-refractivity contribution in [3.63, 3.8) is 0 Å². The van der Waals surface area contributed by atoms with Gasteiger partial charge < -0.3 is 9.84 Å². The van der Waals surface area contributed by atoms with Crippen LogP contribution in [0.2, 0.25) is 0 Å². The van der Waals surface area contributed by atoms with Gasteiger partial charge in [-0.15, -0.1) is 0 Å². The molecule has 1 saturated heterocycles. The summed E-state index contributed by atoms with van der Waals surface area (Å²) in [6.45, 7) is 6.28. The maximum atomic E-state index is 13.1. The van der Waals surface area contributed by atoms with E-state index in [0.717, 1.165) is 0 Å². The van der Waals surface area contributed by atoms with Crippen molar-refractivity contribution in [2.24, 2.45) is 40.9 Å². The van der Waals surface area contributed by atoms with Gasteiger partial charge in [0.2, 0.25) is 0 Å². The van der Waals surface area contributed by atoms with Crippen LogP contribution in [0.25, 0.3) is 0 Å². The lowest BCUT2D eigenvalue weighted by molar-refractivity contribution is -0.374. The van der Waals surface area contributed by atoms with E-state index in [-0.39, 0.29) is 35.4 Å². The smallest absolute Gasteiger partial charge is 0.374 e. The van der Waals surface area contributed by atoms with Crippen molar-refractivity contribution in [1.29, 1.82) is 0 Å². The van der Waals surface area contributed by atoms with Crippen LogP contribution in [0.3, 0.4) is 0 Å². The Morgan fingerprint density at radius 3 is 2.12 bits per heavy atom. The Morgan fingerprint density at radius 2 is 1.58 bits per heavy atom. The van der Waals surface area contributed by atoms with E-state index in [1.165, 1.54) is 0 Å². The molecule has 1 aliphatic heterocycles. The van der Waals surface area contributed by atoms with E-state index >= 15 is 0 Å². The van der Waals surface area contributed by atoms with Crippen molar-refractivity contribution in [3.8, 4) is 0 Å². The molecule has 1 N–H and O–H groups in total. The van der Waals surface area contributed by atoms with Gasteiger partial charge in [0.1, 0.15) is 0 Å². The molecule has 1 heterocycles. The van der Waals surface area contributed by atoms with Gasteiger partial charge in [-0.25, -0.2) is 0 Å². The Kier molecular flexibility index (Phi) is 3.70. The monoisotopic (exact) mass is 386 g/mol. The minimum absolute atomic E-state index is 0.0274. The molecule has 2 nitrogen and oxygen atoms in total. The average molecular weight is 386 g/mol. The summed E-state index contributed by atoms with van der Waals surface area (Å²) in [5.74, 6) is 0.0427. The van der Waals surface area contributed by atoms with E-state index in [9.17, 15) is 31.4 Å².